The second-order valence-corrected chi connectivity index (χ2v) is 9.56. The molecule has 0 aliphatic carbocycles. The summed E-state index contributed by atoms with van der Waals surface area (Å²) in [4.78, 5) is 27.1. The van der Waals surface area contributed by atoms with Crippen LogP contribution in [0.5, 0.6) is 0 Å². The average molecular weight is 493 g/mol. The van der Waals surface area contributed by atoms with Gasteiger partial charge < -0.3 is 14.4 Å². The Balaban J connectivity index is 1.94. The average Bonchev–Trinajstić information content (AvgIpc) is 2.89. The van der Waals surface area contributed by atoms with E-state index in [1.54, 1.807) is 38.1 Å². The highest BCUT2D eigenvalue weighted by atomic mass is 16.5. The van der Waals surface area contributed by atoms with Crippen molar-refractivity contribution < 1.29 is 19.1 Å². The minimum atomic E-state index is -0.822. The van der Waals surface area contributed by atoms with Gasteiger partial charge in [0, 0.05) is 12.2 Å². The van der Waals surface area contributed by atoms with Gasteiger partial charge in [0.1, 0.15) is 6.61 Å². The lowest BCUT2D eigenvalue weighted by Gasteiger charge is -2.33. The van der Waals surface area contributed by atoms with Crippen LogP contribution in [0.1, 0.15) is 53.0 Å². The molecule has 8 nitrogen and oxygen atoms in total. The molecule has 2 aromatic rings. The van der Waals surface area contributed by atoms with Crippen LogP contribution in [-0.4, -0.2) is 38.7 Å². The lowest BCUT2D eigenvalue weighted by molar-refractivity contribution is -0.161. The Kier molecular flexibility index (Phi) is 10.2. The minimum Gasteiger partial charge on any atom is -0.469 e. The van der Waals surface area contributed by atoms with Gasteiger partial charge in [-0.25, -0.2) is 0 Å². The number of carbonyl (C=O) groups excluding carboxylic acids is 2. The molecule has 0 aliphatic heterocycles. The number of ether oxygens (including phenoxy) is 2. The number of anilines is 1. The fraction of sp³-hybridized carbons (Fsp3) is 0.464. The van der Waals surface area contributed by atoms with Crippen molar-refractivity contribution in [3.8, 4) is 6.07 Å². The van der Waals surface area contributed by atoms with Crippen molar-refractivity contribution in [1.82, 2.24) is 0 Å². The summed E-state index contributed by atoms with van der Waals surface area (Å²) < 4.78 is 10.5. The number of nitriles is 1. The van der Waals surface area contributed by atoms with Crippen molar-refractivity contribution >= 4 is 29.0 Å². The molecule has 0 bridgehead atoms. The Morgan fingerprint density at radius 2 is 1.50 bits per heavy atom. The molecule has 1 unspecified atom stereocenters. The van der Waals surface area contributed by atoms with Crippen molar-refractivity contribution in [1.29, 1.82) is 5.26 Å². The molecule has 0 aromatic heterocycles. The highest BCUT2D eigenvalue weighted by Gasteiger charge is 2.42. The molecule has 2 aromatic carbocycles. The molecule has 0 fully saturated rings. The van der Waals surface area contributed by atoms with E-state index in [0.717, 1.165) is 12.2 Å². The smallest absolute Gasteiger partial charge is 0.311 e. The Morgan fingerprint density at radius 1 is 0.944 bits per heavy atom. The molecule has 0 N–H and O–H groups in total. The number of esters is 2. The molecule has 0 heterocycles. The summed E-state index contributed by atoms with van der Waals surface area (Å²) >= 11 is 0. The maximum absolute atomic E-state index is 12.8. The normalized spacial score (nSPS) is 13.0. The number of benzene rings is 2. The van der Waals surface area contributed by atoms with Crippen LogP contribution in [0.2, 0.25) is 0 Å². The van der Waals surface area contributed by atoms with Crippen LogP contribution in [0.25, 0.3) is 0 Å². The van der Waals surface area contributed by atoms with Crippen molar-refractivity contribution in [2.24, 2.45) is 21.1 Å². The lowest BCUT2D eigenvalue weighted by Crippen LogP contribution is -2.39. The summed E-state index contributed by atoms with van der Waals surface area (Å²) in [5.41, 5.74) is 1.37. The third-order valence-corrected chi connectivity index (χ3v) is 6.31. The minimum absolute atomic E-state index is 0.233. The van der Waals surface area contributed by atoms with E-state index in [2.05, 4.69) is 21.2 Å². The standard InChI is InChI=1S/C28H36N4O4/c1-7-28(5,26(34)35-6)20-27(3,4)25(33)36-18-17-32(8-2)24-15-13-23(14-16-24)31-30-22-11-9-21(19-29)10-12-22/h9-16H,7-8,17-18,20H2,1-6H3/b31-30+. The second kappa shape index (κ2) is 12.8. The summed E-state index contributed by atoms with van der Waals surface area (Å²) in [5, 5.41) is 17.3. The van der Waals surface area contributed by atoms with Crippen molar-refractivity contribution in [3.63, 3.8) is 0 Å². The van der Waals surface area contributed by atoms with Crippen LogP contribution < -0.4 is 4.90 Å². The van der Waals surface area contributed by atoms with Crippen LogP contribution in [0.15, 0.2) is 58.8 Å². The largest absolute Gasteiger partial charge is 0.469 e. The molecular formula is C28H36N4O4. The van der Waals surface area contributed by atoms with Gasteiger partial charge >= 0.3 is 11.9 Å². The summed E-state index contributed by atoms with van der Waals surface area (Å²) in [5.74, 6) is -0.649. The van der Waals surface area contributed by atoms with Gasteiger partial charge in [0.2, 0.25) is 0 Å². The van der Waals surface area contributed by atoms with Crippen LogP contribution in [0, 0.1) is 22.2 Å². The zero-order chi connectivity index (χ0) is 26.8. The predicted molar refractivity (Wildman–Crippen MR) is 139 cm³/mol. The van der Waals surface area contributed by atoms with Gasteiger partial charge in [-0.2, -0.15) is 15.5 Å². The number of hydrogen-bond donors (Lipinski definition) is 0. The van der Waals surface area contributed by atoms with Gasteiger partial charge in [-0.3, -0.25) is 9.59 Å². The number of likely N-dealkylation sites (N-methyl/N-ethyl adjacent to an activating group) is 1. The molecule has 1 atom stereocenters. The fourth-order valence-corrected chi connectivity index (χ4v) is 4.00. The van der Waals surface area contributed by atoms with E-state index in [0.29, 0.717) is 36.3 Å². The first-order chi connectivity index (χ1) is 17.1. The Morgan fingerprint density at radius 3 is 1.97 bits per heavy atom. The van der Waals surface area contributed by atoms with E-state index in [9.17, 15) is 9.59 Å². The summed E-state index contributed by atoms with van der Waals surface area (Å²) in [6.45, 7) is 10.9. The van der Waals surface area contributed by atoms with Crippen molar-refractivity contribution in [3.05, 3.63) is 54.1 Å². The topological polar surface area (TPSA) is 104 Å². The van der Waals surface area contributed by atoms with Gasteiger partial charge in [-0.05, 0) is 89.1 Å². The SMILES string of the molecule is CCN(CCOC(=O)C(C)(C)CC(C)(CC)C(=O)OC)c1ccc(/N=N/c2ccc(C#N)cc2)cc1. The highest BCUT2D eigenvalue weighted by molar-refractivity contribution is 5.80. The van der Waals surface area contributed by atoms with E-state index < -0.39 is 10.8 Å². The summed E-state index contributed by atoms with van der Waals surface area (Å²) in [6, 6.07) is 16.6. The Bertz CT molecular complexity index is 1090. The van der Waals surface area contributed by atoms with Crippen molar-refractivity contribution in [2.45, 2.75) is 47.5 Å². The summed E-state index contributed by atoms with van der Waals surface area (Å²) in [7, 11) is 1.37. The van der Waals surface area contributed by atoms with Crippen molar-refractivity contribution in [2.75, 3.05) is 31.7 Å². The molecule has 0 saturated carbocycles. The van der Waals surface area contributed by atoms with Crippen LogP contribution >= 0.6 is 0 Å². The van der Waals surface area contributed by atoms with Crippen LogP contribution in [0.3, 0.4) is 0 Å². The molecule has 0 saturated heterocycles. The number of hydrogen-bond acceptors (Lipinski definition) is 8. The Hall–Kier alpha value is -3.73. The van der Waals surface area contributed by atoms with Gasteiger partial charge in [0.05, 0.1) is 47.5 Å². The molecule has 192 valence electrons. The molecular weight excluding hydrogens is 456 g/mol. The van der Waals surface area contributed by atoms with Crippen LogP contribution in [0.4, 0.5) is 17.1 Å². The molecule has 36 heavy (non-hydrogen) atoms. The molecule has 0 amide bonds. The van der Waals surface area contributed by atoms with Gasteiger partial charge in [-0.1, -0.05) is 6.92 Å². The monoisotopic (exact) mass is 492 g/mol. The van der Waals surface area contributed by atoms with E-state index >= 15 is 0 Å². The maximum Gasteiger partial charge on any atom is 0.311 e. The quantitative estimate of drug-likeness (QED) is 0.253. The number of nitrogens with zero attached hydrogens (tertiary/aromatic N) is 4. The fourth-order valence-electron chi connectivity index (χ4n) is 4.00. The summed E-state index contributed by atoms with van der Waals surface area (Å²) in [6.07, 6.45) is 0.918. The molecule has 0 aliphatic rings. The highest BCUT2D eigenvalue weighted by Crippen LogP contribution is 2.38. The Labute approximate surface area is 213 Å². The third-order valence-electron chi connectivity index (χ3n) is 6.31. The van der Waals surface area contributed by atoms with E-state index in [1.807, 2.05) is 45.0 Å². The first kappa shape index (κ1) is 28.5. The maximum atomic E-state index is 12.8. The first-order valence-corrected chi connectivity index (χ1v) is 12.1. The number of rotatable bonds is 12. The third kappa shape index (κ3) is 7.64. The number of methoxy groups -OCH3 is 1. The molecule has 2 rings (SSSR count). The molecule has 8 heteroatoms. The van der Waals surface area contributed by atoms with E-state index in [1.165, 1.54) is 7.11 Å². The zero-order valence-electron chi connectivity index (χ0n) is 22.1. The lowest BCUT2D eigenvalue weighted by atomic mass is 9.72. The van der Waals surface area contributed by atoms with E-state index in [-0.39, 0.29) is 18.5 Å². The predicted octanol–water partition coefficient (Wildman–Crippen LogP) is 6.35. The zero-order valence-corrected chi connectivity index (χ0v) is 22.1. The first-order valence-electron chi connectivity index (χ1n) is 12.1. The van der Waals surface area contributed by atoms with Gasteiger partial charge in [-0.15, -0.1) is 0 Å². The number of carbonyl (C=O) groups is 2. The van der Waals surface area contributed by atoms with Crippen LogP contribution in [-0.2, 0) is 19.1 Å². The second-order valence-electron chi connectivity index (χ2n) is 9.56. The number of azo groups is 1. The van der Waals surface area contributed by atoms with Gasteiger partial charge in [0.15, 0.2) is 0 Å². The van der Waals surface area contributed by atoms with Gasteiger partial charge in [0.25, 0.3) is 0 Å². The molecule has 0 radical (unpaired) electrons. The molecule has 0 spiro atoms. The van der Waals surface area contributed by atoms with E-state index in [4.69, 9.17) is 14.7 Å².